The molecule has 17 nitrogen and oxygen atoms in total. The minimum atomic E-state index is -4.96. The second kappa shape index (κ2) is 63.5. The lowest BCUT2D eigenvalue weighted by Crippen LogP contribution is -2.30. The molecule has 0 spiro atoms. The number of aliphatic hydroxyl groups excluding tert-OH is 1. The van der Waals surface area contributed by atoms with Gasteiger partial charge in [-0.05, 0) is 49.4 Å². The van der Waals surface area contributed by atoms with E-state index < -0.39 is 97.5 Å². The predicted molar refractivity (Wildman–Crippen MR) is 377 cm³/mol. The van der Waals surface area contributed by atoms with Crippen LogP contribution in [0.3, 0.4) is 0 Å². The van der Waals surface area contributed by atoms with Crippen molar-refractivity contribution in [3.8, 4) is 0 Å². The fraction of sp³-hybridized carbons (Fsp3) is 0.946. The van der Waals surface area contributed by atoms with Crippen LogP contribution < -0.4 is 0 Å². The number of rotatable bonds is 71. The molecule has 0 aromatic carbocycles. The zero-order chi connectivity index (χ0) is 68.9. The second-order valence-electron chi connectivity index (χ2n) is 28.4. The van der Waals surface area contributed by atoms with Gasteiger partial charge in [0.2, 0.25) is 0 Å². The van der Waals surface area contributed by atoms with Crippen LogP contribution in [-0.4, -0.2) is 96.7 Å². The maximum Gasteiger partial charge on any atom is 0.472 e. The van der Waals surface area contributed by atoms with Crippen LogP contribution >= 0.6 is 15.6 Å². The Morgan fingerprint density at radius 3 is 0.763 bits per heavy atom. The number of carbonyl (C=O) groups excluding carboxylic acids is 4. The topological polar surface area (TPSA) is 237 Å². The van der Waals surface area contributed by atoms with Gasteiger partial charge in [0.15, 0.2) is 12.2 Å². The Hall–Kier alpha value is -1.94. The third kappa shape index (κ3) is 67.0. The van der Waals surface area contributed by atoms with Crippen molar-refractivity contribution in [3.63, 3.8) is 0 Å². The van der Waals surface area contributed by atoms with Crippen LogP contribution in [0.15, 0.2) is 0 Å². The van der Waals surface area contributed by atoms with E-state index in [0.29, 0.717) is 31.6 Å². The molecule has 0 heterocycles. The van der Waals surface area contributed by atoms with Crippen LogP contribution in [0.25, 0.3) is 0 Å². The highest BCUT2D eigenvalue weighted by Gasteiger charge is 2.30. The van der Waals surface area contributed by atoms with Crippen LogP contribution in [0.5, 0.6) is 0 Å². The van der Waals surface area contributed by atoms with Gasteiger partial charge in [-0.3, -0.25) is 37.3 Å². The first kappa shape index (κ1) is 91.1. The third-order valence-electron chi connectivity index (χ3n) is 17.4. The molecule has 0 fully saturated rings. The van der Waals surface area contributed by atoms with Gasteiger partial charge < -0.3 is 33.8 Å². The summed E-state index contributed by atoms with van der Waals surface area (Å²) in [6, 6.07) is 0. The highest BCUT2D eigenvalue weighted by atomic mass is 31.2. The number of carbonyl (C=O) groups is 4. The fourth-order valence-electron chi connectivity index (χ4n) is 11.2. The Labute approximate surface area is 568 Å². The van der Waals surface area contributed by atoms with E-state index in [4.69, 9.17) is 37.0 Å². The summed E-state index contributed by atoms with van der Waals surface area (Å²) < 4.78 is 68.4. The molecule has 0 saturated heterocycles. The number of phosphoric ester groups is 2. The quantitative estimate of drug-likeness (QED) is 0.0222. The molecule has 6 atom stereocenters. The maximum atomic E-state index is 13.1. The van der Waals surface area contributed by atoms with Gasteiger partial charge in [-0.1, -0.05) is 319 Å². The first-order valence-electron chi connectivity index (χ1n) is 38.2. The van der Waals surface area contributed by atoms with Gasteiger partial charge in [0.05, 0.1) is 26.4 Å². The smallest absolute Gasteiger partial charge is 0.462 e. The molecule has 3 unspecified atom stereocenters. The average Bonchev–Trinajstić information content (AvgIpc) is 1.79. The Kier molecular flexibility index (Phi) is 62.2. The van der Waals surface area contributed by atoms with Gasteiger partial charge in [0.1, 0.15) is 19.3 Å². The molecular formula is C74H144O17P2. The number of hydrogen-bond donors (Lipinski definition) is 3. The van der Waals surface area contributed by atoms with E-state index in [-0.39, 0.29) is 25.7 Å². The van der Waals surface area contributed by atoms with E-state index in [9.17, 15) is 43.2 Å². The summed E-state index contributed by atoms with van der Waals surface area (Å²) >= 11 is 0. The summed E-state index contributed by atoms with van der Waals surface area (Å²) in [6.45, 7) is 14.1. The lowest BCUT2D eigenvalue weighted by atomic mass is 10.00. The lowest BCUT2D eigenvalue weighted by molar-refractivity contribution is -0.161. The molecule has 0 amide bonds. The van der Waals surface area contributed by atoms with Gasteiger partial charge in [-0.2, -0.15) is 0 Å². The summed E-state index contributed by atoms with van der Waals surface area (Å²) in [5.41, 5.74) is 0. The van der Waals surface area contributed by atoms with Gasteiger partial charge in [0.25, 0.3) is 0 Å². The Balaban J connectivity index is 5.24. The van der Waals surface area contributed by atoms with Crippen LogP contribution in [-0.2, 0) is 65.4 Å². The van der Waals surface area contributed by atoms with E-state index in [1.165, 1.54) is 167 Å². The summed E-state index contributed by atoms with van der Waals surface area (Å²) in [6.07, 6.45) is 47.3. The van der Waals surface area contributed by atoms with Crippen LogP contribution in [0.4, 0.5) is 0 Å². The molecule has 0 aromatic rings. The van der Waals surface area contributed by atoms with Crippen molar-refractivity contribution in [2.45, 2.75) is 388 Å². The van der Waals surface area contributed by atoms with Crippen molar-refractivity contribution in [1.29, 1.82) is 0 Å². The molecular weight excluding hydrogens is 1220 g/mol. The molecule has 0 aliphatic rings. The van der Waals surface area contributed by atoms with Crippen LogP contribution in [0, 0.1) is 23.7 Å². The highest BCUT2D eigenvalue weighted by molar-refractivity contribution is 7.47. The third-order valence-corrected chi connectivity index (χ3v) is 19.3. The second-order valence-corrected chi connectivity index (χ2v) is 31.3. The van der Waals surface area contributed by atoms with Crippen LogP contribution in [0.1, 0.15) is 370 Å². The van der Waals surface area contributed by atoms with Crippen molar-refractivity contribution in [1.82, 2.24) is 0 Å². The van der Waals surface area contributed by atoms with E-state index in [1.807, 2.05) is 0 Å². The van der Waals surface area contributed by atoms with Gasteiger partial charge in [0, 0.05) is 25.7 Å². The number of phosphoric acid groups is 2. The van der Waals surface area contributed by atoms with Crippen molar-refractivity contribution >= 4 is 39.5 Å². The summed E-state index contributed by atoms with van der Waals surface area (Å²) in [5.74, 6) is 0.886. The fourth-order valence-corrected chi connectivity index (χ4v) is 12.7. The molecule has 0 aliphatic carbocycles. The lowest BCUT2D eigenvalue weighted by Gasteiger charge is -2.21. The van der Waals surface area contributed by atoms with Gasteiger partial charge in [-0.25, -0.2) is 9.13 Å². The maximum absolute atomic E-state index is 13.1. The Morgan fingerprint density at radius 2 is 0.516 bits per heavy atom. The van der Waals surface area contributed by atoms with E-state index in [2.05, 4.69) is 55.4 Å². The van der Waals surface area contributed by atoms with E-state index >= 15 is 0 Å². The average molecular weight is 1370 g/mol. The molecule has 0 aliphatic heterocycles. The molecule has 0 rings (SSSR count). The highest BCUT2D eigenvalue weighted by Crippen LogP contribution is 2.45. The molecule has 0 saturated carbocycles. The standard InChI is InChI=1S/C74H144O17P2/c1-9-67(8)53-45-37-32-33-39-47-55-72(77)85-61-70(91-74(79)57-49-41-31-25-28-36-44-52-66(6)7)63-89-93(82,83)87-59-68(75)58-86-92(80,81)88-62-69(60-84-71(76)54-46-38-29-23-19-16-12-14-18-22-27-35-43-51-65(4)5)90-73(78)56-48-40-30-24-20-15-11-10-13-17-21-26-34-42-50-64(2)3/h64-70,75H,9-63H2,1-8H3,(H,80,81)(H,82,83)/t67?,68-,69-,70-/m1/s1. The number of unbranched alkanes of at least 4 members (excludes halogenated alkanes) is 36. The SMILES string of the molecule is CCC(C)CCCCCCCCC(=O)OC[C@H](COP(=O)(O)OC[C@H](O)COP(=O)(O)OC[C@@H](COC(=O)CCCCCCCCCCCCCCCC(C)C)OC(=O)CCCCCCCCCCCCCCCCC(C)C)OC(=O)CCCCCCCCCC(C)C. The Bertz CT molecular complexity index is 1840. The summed E-state index contributed by atoms with van der Waals surface area (Å²) in [7, 11) is -9.91. The Morgan fingerprint density at radius 1 is 0.301 bits per heavy atom. The van der Waals surface area contributed by atoms with Crippen molar-refractivity contribution < 1.29 is 80.2 Å². The number of aliphatic hydroxyl groups is 1. The molecule has 0 bridgehead atoms. The monoisotopic (exact) mass is 1370 g/mol. The normalized spacial score (nSPS) is 14.5. The van der Waals surface area contributed by atoms with E-state index in [0.717, 1.165) is 114 Å². The van der Waals surface area contributed by atoms with E-state index in [1.54, 1.807) is 0 Å². The molecule has 93 heavy (non-hydrogen) atoms. The van der Waals surface area contributed by atoms with Crippen molar-refractivity contribution in [3.05, 3.63) is 0 Å². The minimum absolute atomic E-state index is 0.102. The molecule has 0 radical (unpaired) electrons. The van der Waals surface area contributed by atoms with Gasteiger partial charge in [-0.15, -0.1) is 0 Å². The largest absolute Gasteiger partial charge is 0.472 e. The zero-order valence-corrected chi connectivity index (χ0v) is 62.7. The molecule has 19 heteroatoms. The van der Waals surface area contributed by atoms with Crippen molar-refractivity contribution in [2.24, 2.45) is 23.7 Å². The first-order chi connectivity index (χ1) is 44.6. The first-order valence-corrected chi connectivity index (χ1v) is 41.2. The number of hydrogen-bond acceptors (Lipinski definition) is 15. The molecule has 0 aromatic heterocycles. The summed E-state index contributed by atoms with van der Waals surface area (Å²) in [4.78, 5) is 72.7. The molecule has 552 valence electrons. The zero-order valence-electron chi connectivity index (χ0n) is 60.9. The van der Waals surface area contributed by atoms with Gasteiger partial charge >= 0.3 is 39.5 Å². The predicted octanol–water partition coefficient (Wildman–Crippen LogP) is 21.3. The molecule has 3 N–H and O–H groups in total. The minimum Gasteiger partial charge on any atom is -0.462 e. The summed E-state index contributed by atoms with van der Waals surface area (Å²) in [5, 5.41) is 10.6. The van der Waals surface area contributed by atoms with Crippen LogP contribution in [0.2, 0.25) is 0 Å². The number of ether oxygens (including phenoxy) is 4. The number of esters is 4. The van der Waals surface area contributed by atoms with Crippen molar-refractivity contribution in [2.75, 3.05) is 39.6 Å².